The monoisotopic (exact) mass is 485 g/mol. The Labute approximate surface area is 203 Å². The molecule has 1 unspecified atom stereocenters. The van der Waals surface area contributed by atoms with Gasteiger partial charge in [0, 0.05) is 12.2 Å². The first kappa shape index (κ1) is 23.2. The van der Waals surface area contributed by atoms with Crippen molar-refractivity contribution in [3.8, 4) is 11.4 Å². The Morgan fingerprint density at radius 1 is 1.00 bits per heavy atom. The number of fused-ring (bicyclic) bond motifs is 3. The molecule has 33 heavy (non-hydrogen) atoms. The highest BCUT2D eigenvalue weighted by atomic mass is 35.5. The number of benzene rings is 2. The van der Waals surface area contributed by atoms with Gasteiger partial charge in [0.25, 0.3) is 5.91 Å². The van der Waals surface area contributed by atoms with Crippen molar-refractivity contribution in [2.45, 2.75) is 30.8 Å². The molecule has 2 amide bonds. The maximum atomic E-state index is 13.9. The molecule has 1 aliphatic rings. The van der Waals surface area contributed by atoms with E-state index in [0.29, 0.717) is 0 Å². The quantitative estimate of drug-likeness (QED) is 0.463. The molecule has 6 nitrogen and oxygen atoms in total. The SMILES string of the molecule is COc1ccc(C2c3cccn3-c3ccccc3N2C(=O)CN(C(=O)C(Cl)Cl)C(C)C)cc1. The molecular formula is C25H25Cl2N3O3. The van der Waals surface area contributed by atoms with Gasteiger partial charge in [0.1, 0.15) is 18.3 Å². The number of nitrogens with zero attached hydrogens (tertiary/aromatic N) is 3. The molecule has 3 aromatic rings. The number of carbonyl (C=O) groups excluding carboxylic acids is 2. The number of anilines is 1. The lowest BCUT2D eigenvalue weighted by atomic mass is 9.97. The Kier molecular flexibility index (Phi) is 6.68. The molecule has 2 heterocycles. The molecule has 0 radical (unpaired) electrons. The van der Waals surface area contributed by atoms with E-state index in [1.54, 1.807) is 12.0 Å². The molecule has 1 aromatic heterocycles. The molecule has 0 saturated heterocycles. The van der Waals surface area contributed by atoms with Crippen LogP contribution in [-0.4, -0.2) is 45.8 Å². The highest BCUT2D eigenvalue weighted by Gasteiger charge is 2.37. The molecule has 4 rings (SSSR count). The summed E-state index contributed by atoms with van der Waals surface area (Å²) in [5.41, 5.74) is 3.53. The van der Waals surface area contributed by atoms with E-state index in [2.05, 4.69) is 4.57 Å². The molecule has 0 saturated carbocycles. The van der Waals surface area contributed by atoms with Gasteiger partial charge in [0.15, 0.2) is 4.84 Å². The number of halogens is 2. The molecule has 0 N–H and O–H groups in total. The summed E-state index contributed by atoms with van der Waals surface area (Å²) < 4.78 is 7.40. The third-order valence-corrected chi connectivity index (χ3v) is 6.19. The number of ether oxygens (including phenoxy) is 1. The summed E-state index contributed by atoms with van der Waals surface area (Å²) in [6.45, 7) is 3.52. The third kappa shape index (κ3) is 4.33. The van der Waals surface area contributed by atoms with E-state index in [1.807, 2.05) is 80.7 Å². The summed E-state index contributed by atoms with van der Waals surface area (Å²) in [6.07, 6.45) is 1.99. The van der Waals surface area contributed by atoms with E-state index in [-0.39, 0.29) is 24.5 Å². The van der Waals surface area contributed by atoms with Crippen LogP contribution in [0.4, 0.5) is 5.69 Å². The van der Waals surface area contributed by atoms with Gasteiger partial charge in [-0.05, 0) is 55.8 Å². The second-order valence-corrected chi connectivity index (χ2v) is 9.19. The minimum Gasteiger partial charge on any atom is -0.497 e. The summed E-state index contributed by atoms with van der Waals surface area (Å²) in [7, 11) is 1.62. The number of amides is 2. The Morgan fingerprint density at radius 2 is 1.67 bits per heavy atom. The lowest BCUT2D eigenvalue weighted by Crippen LogP contribution is -2.49. The predicted molar refractivity (Wildman–Crippen MR) is 130 cm³/mol. The van der Waals surface area contributed by atoms with Crippen LogP contribution in [0.5, 0.6) is 5.75 Å². The first-order valence-electron chi connectivity index (χ1n) is 10.6. The van der Waals surface area contributed by atoms with Gasteiger partial charge in [-0.25, -0.2) is 0 Å². The van der Waals surface area contributed by atoms with Crippen LogP contribution in [0.3, 0.4) is 0 Å². The van der Waals surface area contributed by atoms with Crippen LogP contribution >= 0.6 is 23.2 Å². The molecule has 0 fully saturated rings. The number of aromatic nitrogens is 1. The van der Waals surface area contributed by atoms with E-state index in [0.717, 1.165) is 28.4 Å². The van der Waals surface area contributed by atoms with E-state index in [1.165, 1.54) is 4.90 Å². The van der Waals surface area contributed by atoms with Crippen LogP contribution in [0, 0.1) is 0 Å². The minimum absolute atomic E-state index is 0.145. The molecule has 2 aromatic carbocycles. The van der Waals surface area contributed by atoms with Crippen molar-refractivity contribution in [1.82, 2.24) is 9.47 Å². The summed E-state index contributed by atoms with van der Waals surface area (Å²) >= 11 is 11.7. The maximum Gasteiger partial charge on any atom is 0.256 e. The Morgan fingerprint density at radius 3 is 2.27 bits per heavy atom. The fraction of sp³-hybridized carbons (Fsp3) is 0.280. The lowest BCUT2D eigenvalue weighted by Gasteiger charge is -2.40. The van der Waals surface area contributed by atoms with E-state index in [4.69, 9.17) is 27.9 Å². The van der Waals surface area contributed by atoms with Gasteiger partial charge < -0.3 is 14.2 Å². The zero-order valence-electron chi connectivity index (χ0n) is 18.6. The zero-order chi connectivity index (χ0) is 23.7. The first-order valence-corrected chi connectivity index (χ1v) is 11.5. The summed E-state index contributed by atoms with van der Waals surface area (Å²) in [5.74, 6) is 0.0122. The minimum atomic E-state index is -1.23. The molecule has 1 aliphatic heterocycles. The number of hydrogen-bond donors (Lipinski definition) is 0. The average molecular weight is 486 g/mol. The topological polar surface area (TPSA) is 54.8 Å². The lowest BCUT2D eigenvalue weighted by molar-refractivity contribution is -0.135. The Balaban J connectivity index is 1.82. The van der Waals surface area contributed by atoms with Gasteiger partial charge in [-0.1, -0.05) is 47.5 Å². The number of hydrogen-bond acceptors (Lipinski definition) is 3. The highest BCUT2D eigenvalue weighted by Crippen LogP contribution is 2.42. The summed E-state index contributed by atoms with van der Waals surface area (Å²) in [4.78, 5) is 28.4. The summed E-state index contributed by atoms with van der Waals surface area (Å²) in [6, 6.07) is 18.7. The fourth-order valence-electron chi connectivity index (χ4n) is 4.23. The van der Waals surface area contributed by atoms with Crippen LogP contribution in [-0.2, 0) is 9.59 Å². The predicted octanol–water partition coefficient (Wildman–Crippen LogP) is 4.96. The molecule has 8 heteroatoms. The van der Waals surface area contributed by atoms with Gasteiger partial charge in [-0.15, -0.1) is 0 Å². The van der Waals surface area contributed by atoms with Crippen LogP contribution in [0.25, 0.3) is 5.69 Å². The molecule has 1 atom stereocenters. The first-order chi connectivity index (χ1) is 15.8. The molecule has 0 aliphatic carbocycles. The highest BCUT2D eigenvalue weighted by molar-refractivity contribution is 6.53. The van der Waals surface area contributed by atoms with Gasteiger partial charge in [-0.3, -0.25) is 14.5 Å². The molecule has 172 valence electrons. The van der Waals surface area contributed by atoms with E-state index in [9.17, 15) is 9.59 Å². The number of methoxy groups -OCH3 is 1. The fourth-order valence-corrected chi connectivity index (χ4v) is 4.48. The van der Waals surface area contributed by atoms with Gasteiger partial charge in [0.2, 0.25) is 5.91 Å². The van der Waals surface area contributed by atoms with Crippen LogP contribution in [0.1, 0.15) is 31.1 Å². The zero-order valence-corrected chi connectivity index (χ0v) is 20.1. The Bertz CT molecular complexity index is 1160. The van der Waals surface area contributed by atoms with Crippen LogP contribution in [0.2, 0.25) is 0 Å². The molecular weight excluding hydrogens is 461 g/mol. The van der Waals surface area contributed by atoms with Crippen molar-refractivity contribution >= 4 is 40.7 Å². The molecule has 0 spiro atoms. The van der Waals surface area contributed by atoms with Crippen molar-refractivity contribution in [3.05, 3.63) is 78.1 Å². The largest absolute Gasteiger partial charge is 0.497 e. The van der Waals surface area contributed by atoms with Crippen molar-refractivity contribution < 1.29 is 14.3 Å². The molecule has 0 bridgehead atoms. The third-order valence-electron chi connectivity index (χ3n) is 5.82. The van der Waals surface area contributed by atoms with E-state index < -0.39 is 10.7 Å². The van der Waals surface area contributed by atoms with Crippen LogP contribution in [0.15, 0.2) is 66.9 Å². The Hall–Kier alpha value is -2.96. The standard InChI is InChI=1S/C25H25Cl2N3O3/c1-16(2)29(25(32)24(26)27)15-22(31)30-20-8-5-4-7-19(20)28-14-6-9-21(28)23(30)17-10-12-18(33-3)13-11-17/h4-14,16,23-24H,15H2,1-3H3. The second-order valence-electron chi connectivity index (χ2n) is 8.09. The van der Waals surface area contributed by atoms with Crippen molar-refractivity contribution in [2.75, 3.05) is 18.6 Å². The van der Waals surface area contributed by atoms with Crippen molar-refractivity contribution in [3.63, 3.8) is 0 Å². The number of alkyl halides is 2. The van der Waals surface area contributed by atoms with Gasteiger partial charge in [-0.2, -0.15) is 0 Å². The van der Waals surface area contributed by atoms with Crippen molar-refractivity contribution in [1.29, 1.82) is 0 Å². The number of para-hydroxylation sites is 2. The van der Waals surface area contributed by atoms with Gasteiger partial charge >= 0.3 is 0 Å². The maximum absolute atomic E-state index is 13.9. The smallest absolute Gasteiger partial charge is 0.256 e. The number of carbonyl (C=O) groups is 2. The van der Waals surface area contributed by atoms with Crippen molar-refractivity contribution in [2.24, 2.45) is 0 Å². The van der Waals surface area contributed by atoms with Crippen LogP contribution < -0.4 is 9.64 Å². The normalized spacial score (nSPS) is 14.8. The summed E-state index contributed by atoms with van der Waals surface area (Å²) in [5, 5.41) is 0. The average Bonchev–Trinajstić information content (AvgIpc) is 3.31. The van der Waals surface area contributed by atoms with Gasteiger partial charge in [0.05, 0.1) is 24.2 Å². The second kappa shape index (κ2) is 9.49. The van der Waals surface area contributed by atoms with E-state index >= 15 is 0 Å². The number of rotatable bonds is 6.